The Hall–Kier alpha value is -3.10. The fourth-order valence-corrected chi connectivity index (χ4v) is 2.97. The van der Waals surface area contributed by atoms with E-state index in [-0.39, 0.29) is 25.4 Å². The summed E-state index contributed by atoms with van der Waals surface area (Å²) in [6.07, 6.45) is -2.44. The number of amides is 2. The second-order valence-electron chi connectivity index (χ2n) is 6.43. The SMILES string of the molecule is CC(=O)NCC1CN(c2ccc(C(F)(F)F)cc2Cc2cccnc2)C(=O)O1. The Morgan fingerprint density at radius 3 is 2.79 bits per heavy atom. The van der Waals surface area contributed by atoms with Crippen molar-refractivity contribution in [3.05, 3.63) is 59.4 Å². The fraction of sp³-hybridized carbons (Fsp3) is 0.316. The van der Waals surface area contributed by atoms with E-state index >= 15 is 0 Å². The molecule has 0 bridgehead atoms. The number of nitrogens with zero attached hydrogens (tertiary/aromatic N) is 2. The zero-order chi connectivity index (χ0) is 20.3. The molecule has 1 unspecified atom stereocenters. The minimum absolute atomic E-state index is 0.129. The van der Waals surface area contributed by atoms with Crippen molar-refractivity contribution < 1.29 is 27.5 Å². The van der Waals surface area contributed by atoms with Gasteiger partial charge in [-0.2, -0.15) is 13.2 Å². The van der Waals surface area contributed by atoms with Crippen LogP contribution in [0.15, 0.2) is 42.7 Å². The maximum atomic E-state index is 13.2. The molecule has 1 saturated heterocycles. The van der Waals surface area contributed by atoms with Crippen molar-refractivity contribution in [2.24, 2.45) is 0 Å². The lowest BCUT2D eigenvalue weighted by molar-refractivity contribution is -0.137. The number of hydrogen-bond donors (Lipinski definition) is 1. The summed E-state index contributed by atoms with van der Waals surface area (Å²) >= 11 is 0. The standard InChI is InChI=1S/C19H18F3N3O3/c1-12(26)24-10-16-11-25(18(27)28-16)17-5-4-15(19(20,21)22)8-14(17)7-13-3-2-6-23-9-13/h2-6,8-9,16H,7,10-11H2,1H3,(H,24,26). The number of cyclic esters (lactones) is 1. The number of pyridine rings is 1. The van der Waals surface area contributed by atoms with Gasteiger partial charge in [-0.05, 0) is 35.4 Å². The van der Waals surface area contributed by atoms with Gasteiger partial charge in [0, 0.05) is 25.7 Å². The van der Waals surface area contributed by atoms with Crippen LogP contribution in [0.1, 0.15) is 23.6 Å². The van der Waals surface area contributed by atoms with Crippen LogP contribution in [0.5, 0.6) is 0 Å². The van der Waals surface area contributed by atoms with E-state index in [1.165, 1.54) is 17.9 Å². The molecule has 2 aromatic rings. The first-order valence-corrected chi connectivity index (χ1v) is 8.55. The van der Waals surface area contributed by atoms with E-state index in [2.05, 4.69) is 10.3 Å². The largest absolute Gasteiger partial charge is 0.442 e. The van der Waals surface area contributed by atoms with Gasteiger partial charge in [-0.15, -0.1) is 0 Å². The number of carbonyl (C=O) groups excluding carboxylic acids is 2. The van der Waals surface area contributed by atoms with Crippen molar-refractivity contribution in [3.8, 4) is 0 Å². The molecule has 1 atom stereocenters. The third-order valence-electron chi connectivity index (χ3n) is 4.27. The zero-order valence-corrected chi connectivity index (χ0v) is 15.0. The van der Waals surface area contributed by atoms with E-state index in [9.17, 15) is 22.8 Å². The number of hydrogen-bond acceptors (Lipinski definition) is 4. The topological polar surface area (TPSA) is 71.5 Å². The van der Waals surface area contributed by atoms with Crippen LogP contribution < -0.4 is 10.2 Å². The summed E-state index contributed by atoms with van der Waals surface area (Å²) in [6.45, 7) is 1.61. The van der Waals surface area contributed by atoms with Crippen LogP contribution >= 0.6 is 0 Å². The van der Waals surface area contributed by atoms with Gasteiger partial charge in [0.15, 0.2) is 0 Å². The lowest BCUT2D eigenvalue weighted by Crippen LogP contribution is -2.33. The van der Waals surface area contributed by atoms with E-state index in [1.54, 1.807) is 24.5 Å². The summed E-state index contributed by atoms with van der Waals surface area (Å²) in [5, 5.41) is 2.56. The Bertz CT molecular complexity index is 872. The van der Waals surface area contributed by atoms with Gasteiger partial charge >= 0.3 is 12.3 Å². The molecule has 2 amide bonds. The van der Waals surface area contributed by atoms with Crippen LogP contribution in [0.2, 0.25) is 0 Å². The molecule has 148 valence electrons. The van der Waals surface area contributed by atoms with Crippen LogP contribution in [0, 0.1) is 0 Å². The smallest absolute Gasteiger partial charge is 0.416 e. The van der Waals surface area contributed by atoms with Gasteiger partial charge in [0.25, 0.3) is 0 Å². The highest BCUT2D eigenvalue weighted by Gasteiger charge is 2.36. The molecule has 0 saturated carbocycles. The van der Waals surface area contributed by atoms with Crippen molar-refractivity contribution >= 4 is 17.7 Å². The number of ether oxygens (including phenoxy) is 1. The molecule has 0 radical (unpaired) electrons. The first-order valence-electron chi connectivity index (χ1n) is 8.55. The van der Waals surface area contributed by atoms with Crippen LogP contribution in [-0.4, -0.2) is 36.2 Å². The molecule has 9 heteroatoms. The zero-order valence-electron chi connectivity index (χ0n) is 15.0. The molecule has 28 heavy (non-hydrogen) atoms. The normalized spacial score (nSPS) is 16.8. The molecule has 2 heterocycles. The van der Waals surface area contributed by atoms with Crippen LogP contribution in [0.3, 0.4) is 0 Å². The average molecular weight is 393 g/mol. The van der Waals surface area contributed by atoms with Crippen molar-refractivity contribution in [1.29, 1.82) is 0 Å². The average Bonchev–Trinajstić information content (AvgIpc) is 3.00. The summed E-state index contributed by atoms with van der Waals surface area (Å²) in [5.74, 6) is -0.263. The molecule has 0 aliphatic carbocycles. The Balaban J connectivity index is 1.91. The number of anilines is 1. The van der Waals surface area contributed by atoms with Gasteiger partial charge in [0.2, 0.25) is 5.91 Å². The molecule has 1 aromatic carbocycles. The fourth-order valence-electron chi connectivity index (χ4n) is 2.97. The number of carbonyl (C=O) groups is 2. The molecule has 3 rings (SSSR count). The molecule has 1 aliphatic rings. The summed E-state index contributed by atoms with van der Waals surface area (Å²) in [4.78, 5) is 28.6. The van der Waals surface area contributed by atoms with Gasteiger partial charge in [0.05, 0.1) is 24.3 Å². The van der Waals surface area contributed by atoms with E-state index in [0.717, 1.165) is 12.1 Å². The Morgan fingerprint density at radius 2 is 2.14 bits per heavy atom. The Kier molecular flexibility index (Phi) is 5.53. The van der Waals surface area contributed by atoms with Gasteiger partial charge in [-0.25, -0.2) is 4.79 Å². The summed E-state index contributed by atoms with van der Waals surface area (Å²) in [5.41, 5.74) is 0.593. The second kappa shape index (κ2) is 7.87. The minimum Gasteiger partial charge on any atom is -0.442 e. The van der Waals surface area contributed by atoms with E-state index in [0.29, 0.717) is 16.8 Å². The Morgan fingerprint density at radius 1 is 1.36 bits per heavy atom. The van der Waals surface area contributed by atoms with Gasteiger partial charge in [-0.3, -0.25) is 14.7 Å². The highest BCUT2D eigenvalue weighted by atomic mass is 19.4. The highest BCUT2D eigenvalue weighted by Crippen LogP contribution is 2.35. The third kappa shape index (κ3) is 4.59. The first kappa shape index (κ1) is 19.7. The van der Waals surface area contributed by atoms with Crippen molar-refractivity contribution in [2.75, 3.05) is 18.0 Å². The summed E-state index contributed by atoms with van der Waals surface area (Å²) in [6, 6.07) is 6.69. The predicted molar refractivity (Wildman–Crippen MR) is 94.8 cm³/mol. The molecule has 1 aliphatic heterocycles. The van der Waals surface area contributed by atoms with Crippen molar-refractivity contribution in [1.82, 2.24) is 10.3 Å². The lowest BCUT2D eigenvalue weighted by Gasteiger charge is -2.19. The van der Waals surface area contributed by atoms with Gasteiger partial charge < -0.3 is 10.1 Å². The predicted octanol–water partition coefficient (Wildman–Crippen LogP) is 3.15. The number of rotatable bonds is 5. The maximum Gasteiger partial charge on any atom is 0.416 e. The van der Waals surface area contributed by atoms with Crippen LogP contribution in [0.4, 0.5) is 23.7 Å². The number of benzene rings is 1. The number of halogens is 3. The van der Waals surface area contributed by atoms with E-state index in [1.807, 2.05) is 0 Å². The molecule has 1 aromatic heterocycles. The van der Waals surface area contributed by atoms with Crippen molar-refractivity contribution in [2.45, 2.75) is 25.6 Å². The Labute approximate surface area is 159 Å². The third-order valence-corrected chi connectivity index (χ3v) is 4.27. The van der Waals surface area contributed by atoms with Gasteiger partial charge in [-0.1, -0.05) is 6.07 Å². The summed E-state index contributed by atoms with van der Waals surface area (Å²) < 4.78 is 44.7. The molecule has 6 nitrogen and oxygen atoms in total. The molecular formula is C19H18F3N3O3. The monoisotopic (exact) mass is 393 g/mol. The van der Waals surface area contributed by atoms with E-state index < -0.39 is 23.9 Å². The molecule has 1 N–H and O–H groups in total. The van der Waals surface area contributed by atoms with Gasteiger partial charge in [0.1, 0.15) is 6.10 Å². The second-order valence-corrected chi connectivity index (χ2v) is 6.43. The number of alkyl halides is 3. The molecule has 0 spiro atoms. The van der Waals surface area contributed by atoms with Crippen LogP contribution in [-0.2, 0) is 22.1 Å². The number of aromatic nitrogens is 1. The van der Waals surface area contributed by atoms with E-state index in [4.69, 9.17) is 4.74 Å². The first-order chi connectivity index (χ1) is 13.2. The van der Waals surface area contributed by atoms with Crippen molar-refractivity contribution in [3.63, 3.8) is 0 Å². The quantitative estimate of drug-likeness (QED) is 0.847. The number of nitrogens with one attached hydrogen (secondary N) is 1. The summed E-state index contributed by atoms with van der Waals surface area (Å²) in [7, 11) is 0. The lowest BCUT2D eigenvalue weighted by atomic mass is 10.0. The minimum atomic E-state index is -4.50. The molecular weight excluding hydrogens is 375 g/mol. The molecule has 1 fully saturated rings. The van der Waals surface area contributed by atoms with Crippen LogP contribution in [0.25, 0.3) is 0 Å². The maximum absolute atomic E-state index is 13.2. The highest BCUT2D eigenvalue weighted by molar-refractivity contribution is 5.91.